The van der Waals surface area contributed by atoms with Crippen molar-refractivity contribution in [3.8, 4) is 0 Å². The van der Waals surface area contributed by atoms with E-state index in [4.69, 9.17) is 4.74 Å². The molecule has 3 rings (SSSR count). The molecule has 0 unspecified atom stereocenters. The Hall–Kier alpha value is -1.10. The molecule has 0 spiro atoms. The molecule has 3 heterocycles. The van der Waals surface area contributed by atoms with Gasteiger partial charge in [0.2, 0.25) is 5.91 Å². The number of amides is 1. The highest BCUT2D eigenvalue weighted by Crippen LogP contribution is 2.45. The summed E-state index contributed by atoms with van der Waals surface area (Å²) in [5, 5.41) is 9.43. The average Bonchev–Trinajstić information content (AvgIpc) is 3.06. The topological polar surface area (TPSA) is 66.8 Å². The van der Waals surface area contributed by atoms with Gasteiger partial charge in [0, 0.05) is 12.6 Å². The largest absolute Gasteiger partial charge is 0.481 e. The molecule has 2 bridgehead atoms. The van der Waals surface area contributed by atoms with Crippen LogP contribution in [0, 0.1) is 11.8 Å². The van der Waals surface area contributed by atoms with E-state index < -0.39 is 17.8 Å². The molecule has 0 radical (unpaired) electrons. The van der Waals surface area contributed by atoms with Crippen molar-refractivity contribution in [3.05, 3.63) is 0 Å². The average molecular weight is 281 g/mol. The van der Waals surface area contributed by atoms with Gasteiger partial charge in [-0.15, -0.1) is 0 Å². The Morgan fingerprint density at radius 1 is 1.15 bits per heavy atom. The molecule has 0 aromatic heterocycles. The van der Waals surface area contributed by atoms with Gasteiger partial charge in [-0.05, 0) is 38.5 Å². The van der Waals surface area contributed by atoms with Gasteiger partial charge in [0.15, 0.2) is 0 Å². The number of hydrogen-bond donors (Lipinski definition) is 1. The lowest BCUT2D eigenvalue weighted by molar-refractivity contribution is -0.152. The van der Waals surface area contributed by atoms with E-state index >= 15 is 0 Å². The zero-order chi connectivity index (χ0) is 14.3. The van der Waals surface area contributed by atoms with Crippen LogP contribution in [0.4, 0.5) is 0 Å². The molecular weight excluding hydrogens is 258 g/mol. The Labute approximate surface area is 119 Å². The molecule has 3 aliphatic rings. The summed E-state index contributed by atoms with van der Waals surface area (Å²) in [6, 6.07) is 0.282. The number of fused-ring (bicyclic) bond motifs is 2. The van der Waals surface area contributed by atoms with Crippen molar-refractivity contribution in [3.63, 3.8) is 0 Å². The van der Waals surface area contributed by atoms with E-state index in [1.807, 2.05) is 4.90 Å². The van der Waals surface area contributed by atoms with Crippen LogP contribution in [-0.4, -0.2) is 46.7 Å². The summed E-state index contributed by atoms with van der Waals surface area (Å²) < 4.78 is 5.71. The van der Waals surface area contributed by atoms with E-state index in [0.29, 0.717) is 0 Å². The van der Waals surface area contributed by atoms with E-state index in [2.05, 4.69) is 6.92 Å². The van der Waals surface area contributed by atoms with Gasteiger partial charge in [-0.2, -0.15) is 0 Å². The number of ether oxygens (including phenoxy) is 1. The van der Waals surface area contributed by atoms with Crippen LogP contribution in [0.15, 0.2) is 0 Å². The minimum Gasteiger partial charge on any atom is -0.481 e. The fourth-order valence-corrected chi connectivity index (χ4v) is 4.21. The standard InChI is InChI=1S/C15H23NO4/c1-2-9-5-3-4-8-16(9)14(17)12-10-6-7-11(20-10)13(12)15(18)19/h9-13H,2-8H2,1H3,(H,18,19)/t9-,10-,11-,12+,13-/m1/s1. The summed E-state index contributed by atoms with van der Waals surface area (Å²) >= 11 is 0. The van der Waals surface area contributed by atoms with Crippen LogP contribution in [-0.2, 0) is 14.3 Å². The molecule has 1 N–H and O–H groups in total. The highest BCUT2D eigenvalue weighted by atomic mass is 16.5. The normalized spacial score (nSPS) is 40.0. The molecule has 0 aromatic carbocycles. The monoisotopic (exact) mass is 281 g/mol. The van der Waals surface area contributed by atoms with E-state index in [9.17, 15) is 14.7 Å². The molecule has 3 fully saturated rings. The fourth-order valence-electron chi connectivity index (χ4n) is 4.21. The van der Waals surface area contributed by atoms with Crippen molar-refractivity contribution in [1.82, 2.24) is 4.90 Å². The number of nitrogens with zero attached hydrogens (tertiary/aromatic N) is 1. The maximum Gasteiger partial charge on any atom is 0.310 e. The maximum absolute atomic E-state index is 12.9. The summed E-state index contributed by atoms with van der Waals surface area (Å²) in [6.45, 7) is 2.87. The number of carbonyl (C=O) groups excluding carboxylic acids is 1. The lowest BCUT2D eigenvalue weighted by atomic mass is 9.78. The van der Waals surface area contributed by atoms with Crippen molar-refractivity contribution in [2.45, 2.75) is 63.7 Å². The number of likely N-dealkylation sites (tertiary alicyclic amines) is 1. The summed E-state index contributed by atoms with van der Waals surface area (Å²) in [6.07, 6.45) is 5.37. The first-order valence-corrected chi connectivity index (χ1v) is 7.82. The molecule has 112 valence electrons. The first-order valence-electron chi connectivity index (χ1n) is 7.82. The summed E-state index contributed by atoms with van der Waals surface area (Å²) in [7, 11) is 0. The van der Waals surface area contributed by atoms with Crippen molar-refractivity contribution >= 4 is 11.9 Å². The summed E-state index contributed by atoms with van der Waals surface area (Å²) in [5.74, 6) is -1.95. The minimum absolute atomic E-state index is 0.0242. The van der Waals surface area contributed by atoms with Crippen LogP contribution >= 0.6 is 0 Å². The number of carbonyl (C=O) groups is 2. The van der Waals surface area contributed by atoms with E-state index in [0.717, 1.165) is 45.1 Å². The number of carboxylic acid groups (broad SMARTS) is 1. The third kappa shape index (κ3) is 2.12. The van der Waals surface area contributed by atoms with Gasteiger partial charge in [0.1, 0.15) is 0 Å². The SMILES string of the molecule is CC[C@@H]1CCCCN1C(=O)[C@@H]1[C@H](C(=O)O)[C@H]2CC[C@H]1O2. The van der Waals surface area contributed by atoms with Crippen LogP contribution in [0.3, 0.4) is 0 Å². The van der Waals surface area contributed by atoms with Crippen molar-refractivity contribution < 1.29 is 19.4 Å². The van der Waals surface area contributed by atoms with Crippen LogP contribution in [0.2, 0.25) is 0 Å². The molecule has 3 aliphatic heterocycles. The smallest absolute Gasteiger partial charge is 0.310 e. The van der Waals surface area contributed by atoms with Gasteiger partial charge in [-0.25, -0.2) is 0 Å². The quantitative estimate of drug-likeness (QED) is 0.854. The third-order valence-corrected chi connectivity index (χ3v) is 5.23. The second-order valence-corrected chi connectivity index (χ2v) is 6.27. The number of piperidine rings is 1. The first kappa shape index (κ1) is 13.9. The molecule has 20 heavy (non-hydrogen) atoms. The van der Waals surface area contributed by atoms with Gasteiger partial charge in [0.05, 0.1) is 24.0 Å². The molecule has 0 aliphatic carbocycles. The molecule has 5 atom stereocenters. The van der Waals surface area contributed by atoms with Gasteiger partial charge >= 0.3 is 5.97 Å². The molecule has 0 aromatic rings. The minimum atomic E-state index is -0.874. The van der Waals surface area contributed by atoms with E-state index in [1.54, 1.807) is 0 Å². The molecule has 5 nitrogen and oxygen atoms in total. The molecule has 5 heteroatoms. The maximum atomic E-state index is 12.9. The molecule has 0 saturated carbocycles. The Balaban J connectivity index is 1.80. The lowest BCUT2D eigenvalue weighted by Gasteiger charge is -2.38. The highest BCUT2D eigenvalue weighted by molar-refractivity contribution is 5.87. The van der Waals surface area contributed by atoms with Crippen LogP contribution < -0.4 is 0 Å². The van der Waals surface area contributed by atoms with Crippen molar-refractivity contribution in [2.75, 3.05) is 6.54 Å². The lowest BCUT2D eigenvalue weighted by Crippen LogP contribution is -2.51. The van der Waals surface area contributed by atoms with Crippen LogP contribution in [0.5, 0.6) is 0 Å². The second kappa shape index (κ2) is 5.35. The second-order valence-electron chi connectivity index (χ2n) is 6.27. The highest BCUT2D eigenvalue weighted by Gasteiger charge is 2.56. The zero-order valence-electron chi connectivity index (χ0n) is 12.0. The summed E-state index contributed by atoms with van der Waals surface area (Å²) in [5.41, 5.74) is 0. The molecule has 3 saturated heterocycles. The van der Waals surface area contributed by atoms with Crippen molar-refractivity contribution in [1.29, 1.82) is 0 Å². The Morgan fingerprint density at radius 2 is 1.85 bits per heavy atom. The molecular formula is C15H23NO4. The van der Waals surface area contributed by atoms with Gasteiger partial charge < -0.3 is 14.7 Å². The number of carboxylic acids is 1. The predicted octanol–water partition coefficient (Wildman–Crippen LogP) is 1.66. The number of rotatable bonds is 3. The van der Waals surface area contributed by atoms with Gasteiger partial charge in [0.25, 0.3) is 0 Å². The fraction of sp³-hybridized carbons (Fsp3) is 0.867. The zero-order valence-corrected chi connectivity index (χ0v) is 12.0. The first-order chi connectivity index (χ1) is 9.63. The Kier molecular flexibility index (Phi) is 3.71. The summed E-state index contributed by atoms with van der Waals surface area (Å²) in [4.78, 5) is 26.3. The third-order valence-electron chi connectivity index (χ3n) is 5.23. The van der Waals surface area contributed by atoms with Gasteiger partial charge in [-0.3, -0.25) is 9.59 Å². The van der Waals surface area contributed by atoms with Crippen molar-refractivity contribution in [2.24, 2.45) is 11.8 Å². The Bertz CT molecular complexity index is 411. The Morgan fingerprint density at radius 3 is 2.50 bits per heavy atom. The van der Waals surface area contributed by atoms with E-state index in [1.165, 1.54) is 0 Å². The van der Waals surface area contributed by atoms with Crippen LogP contribution in [0.1, 0.15) is 45.4 Å². The number of hydrogen-bond acceptors (Lipinski definition) is 3. The van der Waals surface area contributed by atoms with Crippen LogP contribution in [0.25, 0.3) is 0 Å². The molecule has 1 amide bonds. The van der Waals surface area contributed by atoms with Gasteiger partial charge in [-0.1, -0.05) is 6.92 Å². The predicted molar refractivity (Wildman–Crippen MR) is 72.2 cm³/mol. The van der Waals surface area contributed by atoms with E-state index in [-0.39, 0.29) is 24.2 Å². The number of aliphatic carboxylic acids is 1.